The third-order valence-electron chi connectivity index (χ3n) is 3.35. The van der Waals surface area contributed by atoms with Crippen molar-refractivity contribution >= 4 is 17.6 Å². The summed E-state index contributed by atoms with van der Waals surface area (Å²) >= 11 is 0. The summed E-state index contributed by atoms with van der Waals surface area (Å²) in [7, 11) is 0. The van der Waals surface area contributed by atoms with E-state index < -0.39 is 4.92 Å². The monoisotopic (exact) mass is 319 g/mol. The molecular formula is C18H13N3O3. The van der Waals surface area contributed by atoms with Crippen LogP contribution in [0.1, 0.15) is 5.69 Å². The molecule has 0 aliphatic rings. The minimum absolute atomic E-state index is 0.121. The van der Waals surface area contributed by atoms with Crippen molar-refractivity contribution in [2.24, 2.45) is 4.99 Å². The molecule has 0 spiro atoms. The normalized spacial score (nSPS) is 10.8. The fourth-order valence-electron chi connectivity index (χ4n) is 2.16. The molecule has 118 valence electrons. The molecule has 0 saturated carbocycles. The van der Waals surface area contributed by atoms with Gasteiger partial charge in [0.1, 0.15) is 11.4 Å². The summed E-state index contributed by atoms with van der Waals surface area (Å²) in [5.74, 6) is -0.129. The standard InChI is InChI=1S/C18H13N3O3/c22-18-10-9-15(21(23)24)11-17(18)19-12-14-7-4-8-16(20-14)13-5-2-1-3-6-13/h1-12,22H. The number of hydrogen-bond donors (Lipinski definition) is 1. The molecule has 0 aliphatic heterocycles. The number of benzene rings is 2. The number of rotatable bonds is 4. The first-order valence-electron chi connectivity index (χ1n) is 7.17. The molecule has 1 aromatic heterocycles. The van der Waals surface area contributed by atoms with Gasteiger partial charge in [-0.25, -0.2) is 4.98 Å². The van der Waals surface area contributed by atoms with E-state index in [1.165, 1.54) is 24.4 Å². The summed E-state index contributed by atoms with van der Waals surface area (Å²) in [6.45, 7) is 0. The quantitative estimate of drug-likeness (QED) is 0.445. The lowest BCUT2D eigenvalue weighted by Crippen LogP contribution is -1.90. The number of nitro groups is 1. The Balaban J connectivity index is 1.90. The zero-order valence-electron chi connectivity index (χ0n) is 12.5. The zero-order chi connectivity index (χ0) is 16.9. The van der Waals surface area contributed by atoms with Gasteiger partial charge >= 0.3 is 0 Å². The highest BCUT2D eigenvalue weighted by atomic mass is 16.6. The number of nitro benzene ring substituents is 1. The number of aromatic nitrogens is 1. The number of phenols is 1. The van der Waals surface area contributed by atoms with Gasteiger partial charge in [-0.15, -0.1) is 0 Å². The molecule has 0 fully saturated rings. The first kappa shape index (κ1) is 15.4. The van der Waals surface area contributed by atoms with Gasteiger partial charge in [0.05, 0.1) is 22.5 Å². The lowest BCUT2D eigenvalue weighted by Gasteiger charge is -2.02. The third kappa shape index (κ3) is 3.44. The van der Waals surface area contributed by atoms with Crippen molar-refractivity contribution in [1.82, 2.24) is 4.98 Å². The molecule has 6 nitrogen and oxygen atoms in total. The number of hydrogen-bond acceptors (Lipinski definition) is 5. The Hall–Kier alpha value is -3.54. The van der Waals surface area contributed by atoms with Gasteiger partial charge in [-0.05, 0) is 18.2 Å². The molecule has 24 heavy (non-hydrogen) atoms. The van der Waals surface area contributed by atoms with Crippen LogP contribution in [-0.4, -0.2) is 21.2 Å². The van der Waals surface area contributed by atoms with Crippen LogP contribution in [-0.2, 0) is 0 Å². The molecular weight excluding hydrogens is 306 g/mol. The largest absolute Gasteiger partial charge is 0.506 e. The van der Waals surface area contributed by atoms with Gasteiger partial charge in [0.25, 0.3) is 5.69 Å². The van der Waals surface area contributed by atoms with Crippen LogP contribution in [0.25, 0.3) is 11.3 Å². The van der Waals surface area contributed by atoms with Crippen molar-refractivity contribution in [2.75, 3.05) is 0 Å². The minimum atomic E-state index is -0.535. The van der Waals surface area contributed by atoms with E-state index in [1.54, 1.807) is 6.07 Å². The second-order valence-electron chi connectivity index (χ2n) is 5.00. The van der Waals surface area contributed by atoms with Gasteiger partial charge in [0.15, 0.2) is 0 Å². The molecule has 0 aliphatic carbocycles. The lowest BCUT2D eigenvalue weighted by atomic mass is 10.1. The topological polar surface area (TPSA) is 88.6 Å². The van der Waals surface area contributed by atoms with Gasteiger partial charge in [0.2, 0.25) is 0 Å². The summed E-state index contributed by atoms with van der Waals surface area (Å²) in [4.78, 5) is 18.9. The Bertz CT molecular complexity index is 908. The van der Waals surface area contributed by atoms with Crippen LogP contribution in [0, 0.1) is 10.1 Å². The van der Waals surface area contributed by atoms with E-state index in [9.17, 15) is 15.2 Å². The fraction of sp³-hybridized carbons (Fsp3) is 0. The summed E-state index contributed by atoms with van der Waals surface area (Å²) < 4.78 is 0. The van der Waals surface area contributed by atoms with Gasteiger partial charge in [0, 0.05) is 17.7 Å². The number of aromatic hydroxyl groups is 1. The molecule has 6 heteroatoms. The maximum absolute atomic E-state index is 10.8. The predicted octanol–water partition coefficient (Wildman–Crippen LogP) is 4.11. The molecule has 0 bridgehead atoms. The maximum Gasteiger partial charge on any atom is 0.271 e. The molecule has 0 saturated heterocycles. The van der Waals surface area contributed by atoms with Gasteiger partial charge in [-0.3, -0.25) is 15.1 Å². The van der Waals surface area contributed by atoms with Gasteiger partial charge in [-0.1, -0.05) is 36.4 Å². The van der Waals surface area contributed by atoms with Crippen LogP contribution in [0.4, 0.5) is 11.4 Å². The predicted molar refractivity (Wildman–Crippen MR) is 91.7 cm³/mol. The molecule has 1 heterocycles. The average molecular weight is 319 g/mol. The fourth-order valence-corrected chi connectivity index (χ4v) is 2.16. The summed E-state index contributed by atoms with van der Waals surface area (Å²) in [5.41, 5.74) is 2.35. The molecule has 1 N–H and O–H groups in total. The second kappa shape index (κ2) is 6.70. The number of phenolic OH excluding ortho intramolecular Hbond substituents is 1. The highest BCUT2D eigenvalue weighted by Crippen LogP contribution is 2.30. The van der Waals surface area contributed by atoms with Crippen LogP contribution in [0.3, 0.4) is 0 Å². The van der Waals surface area contributed by atoms with E-state index in [0.717, 1.165) is 11.3 Å². The van der Waals surface area contributed by atoms with Crippen LogP contribution in [0.15, 0.2) is 71.7 Å². The van der Waals surface area contributed by atoms with Crippen LogP contribution in [0.2, 0.25) is 0 Å². The Morgan fingerprint density at radius 2 is 1.83 bits per heavy atom. The SMILES string of the molecule is O=[N+]([O-])c1ccc(O)c(N=Cc2cccc(-c3ccccc3)n2)c1. The number of pyridine rings is 1. The van der Waals surface area contributed by atoms with Crippen molar-refractivity contribution in [1.29, 1.82) is 0 Å². The van der Waals surface area contributed by atoms with Crippen LogP contribution in [0.5, 0.6) is 5.75 Å². The highest BCUT2D eigenvalue weighted by molar-refractivity contribution is 5.81. The van der Waals surface area contributed by atoms with Crippen LogP contribution >= 0.6 is 0 Å². The third-order valence-corrected chi connectivity index (χ3v) is 3.35. The Morgan fingerprint density at radius 3 is 2.58 bits per heavy atom. The lowest BCUT2D eigenvalue weighted by molar-refractivity contribution is -0.384. The maximum atomic E-state index is 10.8. The Kier molecular flexibility index (Phi) is 4.29. The van der Waals surface area contributed by atoms with Crippen molar-refractivity contribution in [3.05, 3.63) is 82.5 Å². The molecule has 3 rings (SSSR count). The van der Waals surface area contributed by atoms with E-state index in [4.69, 9.17) is 0 Å². The Labute approximate surface area is 137 Å². The molecule has 0 atom stereocenters. The second-order valence-corrected chi connectivity index (χ2v) is 5.00. The molecule has 0 unspecified atom stereocenters. The van der Waals surface area contributed by atoms with Gasteiger partial charge < -0.3 is 5.11 Å². The smallest absolute Gasteiger partial charge is 0.271 e. The first-order chi connectivity index (χ1) is 11.6. The van der Waals surface area contributed by atoms with E-state index in [1.807, 2.05) is 42.5 Å². The summed E-state index contributed by atoms with van der Waals surface area (Å²) in [5, 5.41) is 20.6. The summed E-state index contributed by atoms with van der Waals surface area (Å²) in [6.07, 6.45) is 1.46. The highest BCUT2D eigenvalue weighted by Gasteiger charge is 2.09. The Morgan fingerprint density at radius 1 is 1.04 bits per heavy atom. The number of nitrogens with zero attached hydrogens (tertiary/aromatic N) is 3. The van der Waals surface area contributed by atoms with Gasteiger partial charge in [-0.2, -0.15) is 0 Å². The van der Waals surface area contributed by atoms with Crippen molar-refractivity contribution in [3.8, 4) is 17.0 Å². The number of aliphatic imine (C=N–C) groups is 1. The van der Waals surface area contributed by atoms with E-state index >= 15 is 0 Å². The van der Waals surface area contributed by atoms with Crippen molar-refractivity contribution in [3.63, 3.8) is 0 Å². The number of non-ortho nitro benzene ring substituents is 1. The summed E-state index contributed by atoms with van der Waals surface area (Å²) in [6, 6.07) is 18.9. The molecule has 3 aromatic rings. The van der Waals surface area contributed by atoms with Crippen LogP contribution < -0.4 is 0 Å². The zero-order valence-corrected chi connectivity index (χ0v) is 12.5. The molecule has 0 amide bonds. The van der Waals surface area contributed by atoms with E-state index in [0.29, 0.717) is 5.69 Å². The first-order valence-corrected chi connectivity index (χ1v) is 7.17. The van der Waals surface area contributed by atoms with E-state index in [2.05, 4.69) is 9.98 Å². The molecule has 0 radical (unpaired) electrons. The minimum Gasteiger partial charge on any atom is -0.506 e. The average Bonchev–Trinajstić information content (AvgIpc) is 2.62. The van der Waals surface area contributed by atoms with E-state index in [-0.39, 0.29) is 17.1 Å². The van der Waals surface area contributed by atoms with Crippen molar-refractivity contribution in [2.45, 2.75) is 0 Å². The van der Waals surface area contributed by atoms with Crippen molar-refractivity contribution < 1.29 is 10.0 Å². The molecule has 2 aromatic carbocycles.